The lowest BCUT2D eigenvalue weighted by Crippen LogP contribution is -2.38. The standard InChI is InChI=1S/C23H23FN2O3S/c1-16-13-17(2)23(18(3)14-16)25-22(27)15-26(21-12-8-7-11-20(21)24)30(28,29)19-9-5-4-6-10-19/h4-14H,15H2,1-3H3,(H,25,27). The van der Waals surface area contributed by atoms with Crippen LogP contribution >= 0.6 is 0 Å². The minimum absolute atomic E-state index is 0.0243. The summed E-state index contributed by atoms with van der Waals surface area (Å²) in [5, 5.41) is 2.78. The summed E-state index contributed by atoms with van der Waals surface area (Å²) in [5.41, 5.74) is 3.22. The minimum Gasteiger partial charge on any atom is -0.324 e. The monoisotopic (exact) mass is 426 g/mol. The van der Waals surface area contributed by atoms with Gasteiger partial charge in [0.25, 0.3) is 10.0 Å². The second kappa shape index (κ2) is 8.67. The number of para-hydroxylation sites is 1. The Balaban J connectivity index is 1.98. The summed E-state index contributed by atoms with van der Waals surface area (Å²) in [4.78, 5) is 12.8. The SMILES string of the molecule is Cc1cc(C)c(NC(=O)CN(c2ccccc2F)S(=O)(=O)c2ccccc2)c(C)c1. The van der Waals surface area contributed by atoms with E-state index in [0.29, 0.717) is 5.69 Å². The summed E-state index contributed by atoms with van der Waals surface area (Å²) >= 11 is 0. The van der Waals surface area contributed by atoms with Crippen molar-refractivity contribution in [1.82, 2.24) is 0 Å². The Bertz CT molecular complexity index is 1160. The number of nitrogens with zero attached hydrogens (tertiary/aromatic N) is 1. The molecule has 1 N–H and O–H groups in total. The Morgan fingerprint density at radius 2 is 1.50 bits per heavy atom. The molecule has 7 heteroatoms. The van der Waals surface area contributed by atoms with Crippen LogP contribution in [0.5, 0.6) is 0 Å². The molecule has 0 aliphatic heterocycles. The van der Waals surface area contributed by atoms with Crippen molar-refractivity contribution < 1.29 is 17.6 Å². The van der Waals surface area contributed by atoms with Crippen LogP contribution in [0.2, 0.25) is 0 Å². The molecule has 0 heterocycles. The fraction of sp³-hybridized carbons (Fsp3) is 0.174. The van der Waals surface area contributed by atoms with E-state index in [1.54, 1.807) is 18.2 Å². The maximum absolute atomic E-state index is 14.5. The number of carbonyl (C=O) groups excluding carboxylic acids is 1. The van der Waals surface area contributed by atoms with Crippen molar-refractivity contribution in [3.05, 3.63) is 89.2 Å². The van der Waals surface area contributed by atoms with Crippen molar-refractivity contribution in [1.29, 1.82) is 0 Å². The van der Waals surface area contributed by atoms with Gasteiger partial charge in [0.05, 0.1) is 10.6 Å². The molecule has 5 nitrogen and oxygen atoms in total. The van der Waals surface area contributed by atoms with Crippen LogP contribution in [0.3, 0.4) is 0 Å². The Morgan fingerprint density at radius 3 is 2.10 bits per heavy atom. The van der Waals surface area contributed by atoms with Crippen molar-refractivity contribution in [2.75, 3.05) is 16.2 Å². The lowest BCUT2D eigenvalue weighted by atomic mass is 10.1. The summed E-state index contributed by atoms with van der Waals surface area (Å²) < 4.78 is 41.8. The van der Waals surface area contributed by atoms with Crippen molar-refractivity contribution in [2.45, 2.75) is 25.7 Å². The Hall–Kier alpha value is -3.19. The highest BCUT2D eigenvalue weighted by Gasteiger charge is 2.29. The molecule has 0 unspecified atom stereocenters. The highest BCUT2D eigenvalue weighted by Crippen LogP contribution is 2.27. The number of aryl methyl sites for hydroxylation is 3. The van der Waals surface area contributed by atoms with E-state index < -0.39 is 28.3 Å². The normalized spacial score (nSPS) is 11.2. The van der Waals surface area contributed by atoms with Gasteiger partial charge in [-0.1, -0.05) is 48.0 Å². The number of hydrogen-bond donors (Lipinski definition) is 1. The first-order valence-electron chi connectivity index (χ1n) is 9.40. The van der Waals surface area contributed by atoms with E-state index in [4.69, 9.17) is 0 Å². The third kappa shape index (κ3) is 4.52. The molecule has 1 amide bonds. The van der Waals surface area contributed by atoms with Crippen LogP contribution in [-0.4, -0.2) is 20.9 Å². The largest absolute Gasteiger partial charge is 0.324 e. The molecule has 0 aromatic heterocycles. The highest BCUT2D eigenvalue weighted by molar-refractivity contribution is 7.92. The second-order valence-corrected chi connectivity index (χ2v) is 8.96. The highest BCUT2D eigenvalue weighted by atomic mass is 32.2. The van der Waals surface area contributed by atoms with Crippen LogP contribution in [0.4, 0.5) is 15.8 Å². The van der Waals surface area contributed by atoms with Gasteiger partial charge in [-0.15, -0.1) is 0 Å². The van der Waals surface area contributed by atoms with Gasteiger partial charge in [0.1, 0.15) is 12.4 Å². The van der Waals surface area contributed by atoms with Crippen LogP contribution in [0.15, 0.2) is 71.6 Å². The third-order valence-corrected chi connectivity index (χ3v) is 6.45. The van der Waals surface area contributed by atoms with E-state index in [1.807, 2.05) is 32.9 Å². The van der Waals surface area contributed by atoms with Crippen molar-refractivity contribution in [2.24, 2.45) is 0 Å². The Labute approximate surface area is 176 Å². The fourth-order valence-corrected chi connectivity index (χ4v) is 4.81. The minimum atomic E-state index is -4.16. The van der Waals surface area contributed by atoms with Gasteiger partial charge in [-0.3, -0.25) is 9.10 Å². The number of amides is 1. The topological polar surface area (TPSA) is 66.5 Å². The van der Waals surface area contributed by atoms with Crippen LogP contribution in [0, 0.1) is 26.6 Å². The first kappa shape index (κ1) is 21.5. The molecule has 0 saturated heterocycles. The van der Waals surface area contributed by atoms with E-state index >= 15 is 0 Å². The lowest BCUT2D eigenvalue weighted by molar-refractivity contribution is -0.114. The summed E-state index contributed by atoms with van der Waals surface area (Å²) in [7, 11) is -4.16. The molecule has 3 aromatic carbocycles. The molecule has 0 aliphatic rings. The molecule has 0 aliphatic carbocycles. The van der Waals surface area contributed by atoms with Crippen LogP contribution in [0.25, 0.3) is 0 Å². The quantitative estimate of drug-likeness (QED) is 0.627. The average molecular weight is 427 g/mol. The maximum Gasteiger partial charge on any atom is 0.264 e. The molecule has 0 radical (unpaired) electrons. The summed E-state index contributed by atoms with van der Waals surface area (Å²) in [6.45, 7) is 5.12. The van der Waals surface area contributed by atoms with Gasteiger partial charge < -0.3 is 5.32 Å². The summed E-state index contributed by atoms with van der Waals surface area (Å²) in [6, 6.07) is 17.0. The zero-order valence-electron chi connectivity index (χ0n) is 17.0. The van der Waals surface area contributed by atoms with Gasteiger partial charge in [0.2, 0.25) is 5.91 Å². The van der Waals surface area contributed by atoms with Crippen LogP contribution in [-0.2, 0) is 14.8 Å². The average Bonchev–Trinajstić information content (AvgIpc) is 2.70. The molecular formula is C23H23FN2O3S. The predicted octanol–water partition coefficient (Wildman–Crippen LogP) is 4.58. The molecular weight excluding hydrogens is 403 g/mol. The van der Waals surface area contributed by atoms with Crippen molar-refractivity contribution in [3.63, 3.8) is 0 Å². The summed E-state index contributed by atoms with van der Waals surface area (Å²) in [6.07, 6.45) is 0. The number of anilines is 2. The van der Waals surface area contributed by atoms with Gasteiger partial charge in [-0.2, -0.15) is 0 Å². The number of nitrogens with one attached hydrogen (secondary N) is 1. The van der Waals surface area contributed by atoms with E-state index in [0.717, 1.165) is 27.1 Å². The molecule has 3 aromatic rings. The molecule has 156 valence electrons. The fourth-order valence-electron chi connectivity index (χ4n) is 3.36. The zero-order valence-corrected chi connectivity index (χ0v) is 17.8. The zero-order chi connectivity index (χ0) is 21.9. The summed E-state index contributed by atoms with van der Waals surface area (Å²) in [5.74, 6) is -1.29. The smallest absolute Gasteiger partial charge is 0.264 e. The first-order chi connectivity index (χ1) is 14.2. The van der Waals surface area contributed by atoms with E-state index in [9.17, 15) is 17.6 Å². The molecule has 30 heavy (non-hydrogen) atoms. The molecule has 0 spiro atoms. The predicted molar refractivity (Wildman–Crippen MR) is 117 cm³/mol. The lowest BCUT2D eigenvalue weighted by Gasteiger charge is -2.25. The molecule has 0 bridgehead atoms. The molecule has 0 saturated carbocycles. The number of halogens is 1. The number of hydrogen-bond acceptors (Lipinski definition) is 3. The van der Waals surface area contributed by atoms with Crippen molar-refractivity contribution in [3.8, 4) is 0 Å². The Morgan fingerprint density at radius 1 is 0.933 bits per heavy atom. The van der Waals surface area contributed by atoms with E-state index in [-0.39, 0.29) is 10.6 Å². The first-order valence-corrected chi connectivity index (χ1v) is 10.8. The second-order valence-electron chi connectivity index (χ2n) is 7.10. The van der Waals surface area contributed by atoms with Crippen LogP contribution < -0.4 is 9.62 Å². The van der Waals surface area contributed by atoms with Gasteiger partial charge in [-0.05, 0) is 56.2 Å². The Kier molecular flexibility index (Phi) is 6.22. The number of benzene rings is 3. The number of carbonyl (C=O) groups is 1. The third-order valence-electron chi connectivity index (χ3n) is 4.68. The number of rotatable bonds is 6. The molecule has 3 rings (SSSR count). The van der Waals surface area contributed by atoms with Gasteiger partial charge in [0, 0.05) is 5.69 Å². The van der Waals surface area contributed by atoms with E-state index in [1.165, 1.54) is 30.3 Å². The molecule has 0 atom stereocenters. The van der Waals surface area contributed by atoms with E-state index in [2.05, 4.69) is 5.32 Å². The molecule has 0 fully saturated rings. The van der Waals surface area contributed by atoms with Crippen LogP contribution in [0.1, 0.15) is 16.7 Å². The van der Waals surface area contributed by atoms with Crippen molar-refractivity contribution >= 4 is 27.3 Å². The van der Waals surface area contributed by atoms with Gasteiger partial charge in [-0.25, -0.2) is 12.8 Å². The number of sulfonamides is 1. The maximum atomic E-state index is 14.5. The van der Waals surface area contributed by atoms with Gasteiger partial charge >= 0.3 is 0 Å². The van der Waals surface area contributed by atoms with Gasteiger partial charge in [0.15, 0.2) is 0 Å².